The van der Waals surface area contributed by atoms with Crippen LogP contribution in [0.4, 0.5) is 0 Å². The molecule has 1 atom stereocenters. The molecule has 0 spiro atoms. The Labute approximate surface area is 175 Å². The first-order chi connectivity index (χ1) is 14.4. The molecule has 1 amide bonds. The van der Waals surface area contributed by atoms with Gasteiger partial charge in [-0.05, 0) is 55.9 Å². The van der Waals surface area contributed by atoms with E-state index in [0.717, 1.165) is 47.2 Å². The van der Waals surface area contributed by atoms with Crippen LogP contribution in [0.3, 0.4) is 0 Å². The molecule has 0 radical (unpaired) electrons. The molecule has 0 fully saturated rings. The monoisotopic (exact) mass is 406 g/mol. The van der Waals surface area contributed by atoms with Crippen LogP contribution in [0.15, 0.2) is 40.8 Å². The number of aromatic nitrogens is 1. The molecule has 6 heteroatoms. The number of rotatable bonds is 5. The number of aryl methyl sites for hydroxylation is 2. The Hall–Kier alpha value is -3.15. The van der Waals surface area contributed by atoms with Gasteiger partial charge in [0.05, 0.1) is 17.6 Å². The highest BCUT2D eigenvalue weighted by molar-refractivity contribution is 6.05. The van der Waals surface area contributed by atoms with Gasteiger partial charge in [-0.2, -0.15) is 0 Å². The molecule has 4 rings (SSSR count). The van der Waals surface area contributed by atoms with Crippen molar-refractivity contribution in [2.24, 2.45) is 5.92 Å². The van der Waals surface area contributed by atoms with E-state index in [1.54, 1.807) is 7.05 Å². The molecule has 0 saturated carbocycles. The fourth-order valence-corrected chi connectivity index (χ4v) is 4.00. The Morgan fingerprint density at radius 2 is 2.03 bits per heavy atom. The highest BCUT2D eigenvalue weighted by Crippen LogP contribution is 2.32. The van der Waals surface area contributed by atoms with Crippen LogP contribution in [0.1, 0.15) is 46.5 Å². The molecule has 6 nitrogen and oxygen atoms in total. The number of esters is 1. The first-order valence-electron chi connectivity index (χ1n) is 10.3. The highest BCUT2D eigenvalue weighted by atomic mass is 16.5. The van der Waals surface area contributed by atoms with Crippen LogP contribution < -0.4 is 0 Å². The van der Waals surface area contributed by atoms with E-state index in [4.69, 9.17) is 14.1 Å². The standard InChI is InChI=1S/C24H26N2O4/c1-15-8-11-21-19(12-15)23(18-6-4-5-7-20(18)25-21)24(28)29-14-22(27)26(3)13-17-10-9-16(2)30-17/h4-7,9-10,15H,8,11-14H2,1-3H3/t15-/m0/s1. The van der Waals surface area contributed by atoms with Gasteiger partial charge in [0.15, 0.2) is 6.61 Å². The second-order valence-corrected chi connectivity index (χ2v) is 8.12. The number of carbonyl (C=O) groups excluding carboxylic acids is 2. The zero-order chi connectivity index (χ0) is 21.3. The maximum Gasteiger partial charge on any atom is 0.339 e. The Bertz CT molecular complexity index is 1100. The van der Waals surface area contributed by atoms with Gasteiger partial charge in [0.2, 0.25) is 0 Å². The molecule has 0 N–H and O–H groups in total. The van der Waals surface area contributed by atoms with Gasteiger partial charge in [0, 0.05) is 18.1 Å². The molecule has 1 aliphatic carbocycles. The molecule has 0 bridgehead atoms. The van der Waals surface area contributed by atoms with Crippen molar-refractivity contribution in [3.05, 3.63) is 64.7 Å². The Morgan fingerprint density at radius 1 is 1.23 bits per heavy atom. The topological polar surface area (TPSA) is 72.6 Å². The number of furan rings is 1. The molecule has 0 saturated heterocycles. The molecule has 0 aliphatic heterocycles. The molecule has 30 heavy (non-hydrogen) atoms. The van der Waals surface area contributed by atoms with E-state index in [2.05, 4.69) is 6.92 Å². The zero-order valence-corrected chi connectivity index (χ0v) is 17.6. The lowest BCUT2D eigenvalue weighted by Crippen LogP contribution is -2.31. The number of hydrogen-bond acceptors (Lipinski definition) is 5. The summed E-state index contributed by atoms with van der Waals surface area (Å²) in [6, 6.07) is 11.3. The number of benzene rings is 1. The summed E-state index contributed by atoms with van der Waals surface area (Å²) in [5, 5.41) is 0.780. The second-order valence-electron chi connectivity index (χ2n) is 8.12. The van der Waals surface area contributed by atoms with Crippen molar-refractivity contribution in [3.63, 3.8) is 0 Å². The van der Waals surface area contributed by atoms with Crippen molar-refractivity contribution in [2.45, 2.75) is 39.7 Å². The minimum atomic E-state index is -0.463. The van der Waals surface area contributed by atoms with Gasteiger partial charge < -0.3 is 14.1 Å². The third kappa shape index (κ3) is 4.08. The first-order valence-corrected chi connectivity index (χ1v) is 10.3. The van der Waals surface area contributed by atoms with Crippen molar-refractivity contribution in [1.29, 1.82) is 0 Å². The van der Waals surface area contributed by atoms with Gasteiger partial charge in [0.25, 0.3) is 5.91 Å². The summed E-state index contributed by atoms with van der Waals surface area (Å²) >= 11 is 0. The van der Waals surface area contributed by atoms with E-state index in [9.17, 15) is 9.59 Å². The molecule has 3 aromatic rings. The van der Waals surface area contributed by atoms with Crippen molar-refractivity contribution < 1.29 is 18.7 Å². The SMILES string of the molecule is Cc1ccc(CN(C)C(=O)COC(=O)c2c3c(nc4ccccc24)CC[C@H](C)C3)o1. The Balaban J connectivity index is 1.53. The maximum atomic E-state index is 13.1. The predicted octanol–water partition coefficient (Wildman–Crippen LogP) is 4.08. The zero-order valence-electron chi connectivity index (χ0n) is 17.6. The summed E-state index contributed by atoms with van der Waals surface area (Å²) in [6.45, 7) is 4.06. The summed E-state index contributed by atoms with van der Waals surface area (Å²) in [4.78, 5) is 31.8. The van der Waals surface area contributed by atoms with Crippen LogP contribution in [0, 0.1) is 12.8 Å². The summed E-state index contributed by atoms with van der Waals surface area (Å²) in [5.41, 5.74) is 3.27. The van der Waals surface area contributed by atoms with Gasteiger partial charge in [-0.25, -0.2) is 4.79 Å². The van der Waals surface area contributed by atoms with Crippen molar-refractivity contribution in [3.8, 4) is 0 Å². The number of amides is 1. The molecule has 2 aromatic heterocycles. The van der Waals surface area contributed by atoms with Crippen LogP contribution in [0.5, 0.6) is 0 Å². The van der Waals surface area contributed by atoms with E-state index < -0.39 is 5.97 Å². The fraction of sp³-hybridized carbons (Fsp3) is 0.375. The van der Waals surface area contributed by atoms with E-state index in [-0.39, 0.29) is 12.5 Å². The lowest BCUT2D eigenvalue weighted by molar-refractivity contribution is -0.134. The van der Waals surface area contributed by atoms with Gasteiger partial charge in [-0.3, -0.25) is 9.78 Å². The number of ether oxygens (including phenoxy) is 1. The molecule has 2 heterocycles. The van der Waals surface area contributed by atoms with E-state index >= 15 is 0 Å². The largest absolute Gasteiger partial charge is 0.464 e. The highest BCUT2D eigenvalue weighted by Gasteiger charge is 2.26. The molecular formula is C24H26N2O4. The van der Waals surface area contributed by atoms with E-state index in [1.807, 2.05) is 43.3 Å². The smallest absolute Gasteiger partial charge is 0.339 e. The van der Waals surface area contributed by atoms with Crippen LogP contribution in [0.2, 0.25) is 0 Å². The van der Waals surface area contributed by atoms with Crippen LogP contribution >= 0.6 is 0 Å². The first kappa shape index (κ1) is 20.1. The fourth-order valence-electron chi connectivity index (χ4n) is 4.00. The number of nitrogens with zero attached hydrogens (tertiary/aromatic N) is 2. The van der Waals surface area contributed by atoms with Crippen molar-refractivity contribution >= 4 is 22.8 Å². The summed E-state index contributed by atoms with van der Waals surface area (Å²) in [5.74, 6) is 1.22. The number of para-hydroxylation sites is 1. The van der Waals surface area contributed by atoms with Crippen molar-refractivity contribution in [2.75, 3.05) is 13.7 Å². The second kappa shape index (κ2) is 8.30. The molecule has 156 valence electrons. The van der Waals surface area contributed by atoms with Crippen molar-refractivity contribution in [1.82, 2.24) is 9.88 Å². The molecule has 1 aromatic carbocycles. The number of likely N-dealkylation sites (N-methyl/N-ethyl adjacent to an activating group) is 1. The summed E-state index contributed by atoms with van der Waals surface area (Å²) in [7, 11) is 1.67. The third-order valence-electron chi connectivity index (χ3n) is 5.65. The Kier molecular flexibility index (Phi) is 5.57. The van der Waals surface area contributed by atoms with E-state index in [1.165, 1.54) is 4.90 Å². The maximum absolute atomic E-state index is 13.1. The van der Waals surface area contributed by atoms with E-state index in [0.29, 0.717) is 23.8 Å². The van der Waals surface area contributed by atoms with Gasteiger partial charge in [-0.15, -0.1) is 0 Å². The van der Waals surface area contributed by atoms with Gasteiger partial charge in [0.1, 0.15) is 11.5 Å². The third-order valence-corrected chi connectivity index (χ3v) is 5.65. The van der Waals surface area contributed by atoms with Gasteiger partial charge >= 0.3 is 5.97 Å². The number of fused-ring (bicyclic) bond motifs is 2. The van der Waals surface area contributed by atoms with Crippen LogP contribution in [0.25, 0.3) is 10.9 Å². The molecule has 0 unspecified atom stereocenters. The minimum Gasteiger partial charge on any atom is -0.464 e. The summed E-state index contributed by atoms with van der Waals surface area (Å²) in [6.07, 6.45) is 2.71. The number of hydrogen-bond donors (Lipinski definition) is 0. The quantitative estimate of drug-likeness (QED) is 0.597. The number of carbonyl (C=O) groups is 2. The summed E-state index contributed by atoms with van der Waals surface area (Å²) < 4.78 is 11.0. The van der Waals surface area contributed by atoms with Crippen LogP contribution in [-0.4, -0.2) is 35.4 Å². The Morgan fingerprint density at radius 3 is 2.80 bits per heavy atom. The van der Waals surface area contributed by atoms with Crippen LogP contribution in [-0.2, 0) is 28.9 Å². The average Bonchev–Trinajstić information content (AvgIpc) is 3.14. The molecule has 1 aliphatic rings. The normalized spacial score (nSPS) is 15.6. The average molecular weight is 406 g/mol. The number of pyridine rings is 1. The lowest BCUT2D eigenvalue weighted by atomic mass is 9.84. The van der Waals surface area contributed by atoms with Gasteiger partial charge in [-0.1, -0.05) is 25.1 Å². The minimum absolute atomic E-state index is 0.280. The lowest BCUT2D eigenvalue weighted by Gasteiger charge is -2.24. The predicted molar refractivity (Wildman–Crippen MR) is 113 cm³/mol. The molecular weight excluding hydrogens is 380 g/mol.